The summed E-state index contributed by atoms with van der Waals surface area (Å²) in [7, 11) is 0. The van der Waals surface area contributed by atoms with E-state index in [1.54, 1.807) is 6.33 Å². The summed E-state index contributed by atoms with van der Waals surface area (Å²) < 4.78 is 2.02. The SMILES string of the molecule is CC(C)n1cnc2cc(-c3ccc4c(c3)N(C3CC(NC(=O)C(C)(C)C)C3)C(=O)C4(C)C)nc(Cl)c21. The Morgan fingerprint density at radius 2 is 1.89 bits per heavy atom. The smallest absolute Gasteiger partial charge is 0.237 e. The van der Waals surface area contributed by atoms with E-state index in [1.807, 2.05) is 68.4 Å². The Hall–Kier alpha value is -2.93. The number of carbonyl (C=O) groups excluding carboxylic acids is 2. The van der Waals surface area contributed by atoms with Crippen molar-refractivity contribution in [2.45, 2.75) is 84.8 Å². The molecule has 1 aliphatic heterocycles. The lowest BCUT2D eigenvalue weighted by Gasteiger charge is -2.43. The Balaban J connectivity index is 1.47. The number of fused-ring (bicyclic) bond motifs is 2. The van der Waals surface area contributed by atoms with Crippen LogP contribution in [0.25, 0.3) is 22.3 Å². The molecule has 0 bridgehead atoms. The van der Waals surface area contributed by atoms with Gasteiger partial charge in [0.1, 0.15) is 5.52 Å². The quantitative estimate of drug-likeness (QED) is 0.463. The average Bonchev–Trinajstić information content (AvgIpc) is 3.28. The van der Waals surface area contributed by atoms with Crippen molar-refractivity contribution >= 4 is 40.1 Å². The summed E-state index contributed by atoms with van der Waals surface area (Å²) >= 11 is 6.62. The van der Waals surface area contributed by atoms with Crippen LogP contribution in [0.5, 0.6) is 0 Å². The van der Waals surface area contributed by atoms with Gasteiger partial charge in [-0.25, -0.2) is 9.97 Å². The molecule has 7 nitrogen and oxygen atoms in total. The zero-order chi connectivity index (χ0) is 26.2. The van der Waals surface area contributed by atoms with Crippen LogP contribution in [-0.2, 0) is 15.0 Å². The van der Waals surface area contributed by atoms with Crippen LogP contribution in [0.1, 0.15) is 72.9 Å². The van der Waals surface area contributed by atoms with E-state index >= 15 is 0 Å². The summed E-state index contributed by atoms with van der Waals surface area (Å²) in [5, 5.41) is 3.54. The number of amides is 2. The van der Waals surface area contributed by atoms with Gasteiger partial charge in [-0.05, 0) is 58.2 Å². The second-order valence-corrected chi connectivity index (χ2v) is 12.3. The van der Waals surface area contributed by atoms with Gasteiger partial charge in [0.2, 0.25) is 11.8 Å². The minimum Gasteiger partial charge on any atom is -0.353 e. The fraction of sp³-hybridized carbons (Fsp3) is 0.500. The Bertz CT molecular complexity index is 1380. The molecule has 0 unspecified atom stereocenters. The predicted molar refractivity (Wildman–Crippen MR) is 143 cm³/mol. The Morgan fingerprint density at radius 1 is 1.19 bits per heavy atom. The Morgan fingerprint density at radius 3 is 2.53 bits per heavy atom. The van der Waals surface area contributed by atoms with Crippen molar-refractivity contribution in [1.82, 2.24) is 19.9 Å². The van der Waals surface area contributed by atoms with Gasteiger partial charge in [0.05, 0.1) is 23.0 Å². The normalized spacial score (nSPS) is 21.1. The first-order chi connectivity index (χ1) is 16.8. The molecule has 0 saturated heterocycles. The van der Waals surface area contributed by atoms with Crippen LogP contribution in [0.15, 0.2) is 30.6 Å². The lowest BCUT2D eigenvalue weighted by atomic mass is 9.83. The average molecular weight is 508 g/mol. The summed E-state index contributed by atoms with van der Waals surface area (Å²) in [5.41, 5.74) is 4.12. The van der Waals surface area contributed by atoms with Gasteiger partial charge in [-0.2, -0.15) is 0 Å². The summed E-state index contributed by atoms with van der Waals surface area (Å²) in [6.07, 6.45) is 3.29. The number of pyridine rings is 1. The first kappa shape index (κ1) is 24.8. The molecule has 0 radical (unpaired) electrons. The van der Waals surface area contributed by atoms with Crippen LogP contribution in [-0.4, -0.2) is 38.4 Å². The van der Waals surface area contributed by atoms with Crippen molar-refractivity contribution in [1.29, 1.82) is 0 Å². The molecule has 5 rings (SSSR count). The standard InChI is InChI=1S/C28H34ClN5O2/c1-15(2)33-14-30-21-13-20(32-24(29)23(21)33)16-8-9-19-22(10-16)34(26(36)28(19,6)7)18-11-17(12-18)31-25(35)27(3,4)5/h8-10,13-15,17-18H,11-12H2,1-7H3,(H,31,35). The number of hydrogen-bond donors (Lipinski definition) is 1. The molecule has 2 amide bonds. The molecule has 3 aromatic rings. The van der Waals surface area contributed by atoms with E-state index in [4.69, 9.17) is 16.6 Å². The predicted octanol–water partition coefficient (Wildman–Crippen LogP) is 5.65. The molecule has 2 aromatic heterocycles. The first-order valence-corrected chi connectivity index (χ1v) is 13.0. The minimum atomic E-state index is -0.612. The third-order valence-electron chi connectivity index (χ3n) is 7.54. The van der Waals surface area contributed by atoms with Crippen LogP contribution in [0.3, 0.4) is 0 Å². The van der Waals surface area contributed by atoms with E-state index in [1.165, 1.54) is 0 Å². The first-order valence-electron chi connectivity index (χ1n) is 12.6. The molecule has 1 aromatic carbocycles. The fourth-order valence-corrected chi connectivity index (χ4v) is 5.46. The van der Waals surface area contributed by atoms with Gasteiger partial charge >= 0.3 is 0 Å². The Labute approximate surface area is 217 Å². The van der Waals surface area contributed by atoms with Crippen LogP contribution in [0.2, 0.25) is 5.15 Å². The summed E-state index contributed by atoms with van der Waals surface area (Å²) in [6, 6.07) is 8.41. The molecular weight excluding hydrogens is 474 g/mol. The molecule has 2 aliphatic rings. The maximum absolute atomic E-state index is 13.5. The molecule has 3 heterocycles. The van der Waals surface area contributed by atoms with Crippen molar-refractivity contribution in [2.75, 3.05) is 4.90 Å². The molecule has 0 atom stereocenters. The summed E-state index contributed by atoms with van der Waals surface area (Å²) in [6.45, 7) is 13.9. The molecule has 1 saturated carbocycles. The zero-order valence-corrected chi connectivity index (χ0v) is 22.8. The summed E-state index contributed by atoms with van der Waals surface area (Å²) in [4.78, 5) is 37.1. The van der Waals surface area contributed by atoms with Gasteiger partial charge in [-0.1, -0.05) is 44.5 Å². The number of nitrogens with one attached hydrogen (secondary N) is 1. The lowest BCUT2D eigenvalue weighted by molar-refractivity contribution is -0.129. The third kappa shape index (κ3) is 3.88. The number of nitrogens with zero attached hydrogens (tertiary/aromatic N) is 4. The number of carbonyl (C=O) groups is 2. The van der Waals surface area contributed by atoms with E-state index in [9.17, 15) is 9.59 Å². The summed E-state index contributed by atoms with van der Waals surface area (Å²) in [5.74, 6) is 0.136. The van der Waals surface area contributed by atoms with Crippen molar-refractivity contribution in [2.24, 2.45) is 5.41 Å². The zero-order valence-electron chi connectivity index (χ0n) is 22.0. The largest absolute Gasteiger partial charge is 0.353 e. The van der Waals surface area contributed by atoms with Crippen molar-refractivity contribution in [3.63, 3.8) is 0 Å². The monoisotopic (exact) mass is 507 g/mol. The van der Waals surface area contributed by atoms with Gasteiger partial charge in [0, 0.05) is 34.8 Å². The highest BCUT2D eigenvalue weighted by atomic mass is 35.5. The molecule has 8 heteroatoms. The van der Waals surface area contributed by atoms with E-state index in [0.29, 0.717) is 5.15 Å². The number of rotatable bonds is 4. The van der Waals surface area contributed by atoms with Gasteiger partial charge in [-0.15, -0.1) is 0 Å². The molecule has 36 heavy (non-hydrogen) atoms. The van der Waals surface area contributed by atoms with Crippen molar-refractivity contribution in [3.8, 4) is 11.3 Å². The maximum atomic E-state index is 13.5. The van der Waals surface area contributed by atoms with Crippen molar-refractivity contribution < 1.29 is 9.59 Å². The minimum absolute atomic E-state index is 0.0416. The molecule has 0 spiro atoms. The number of anilines is 1. The van der Waals surface area contributed by atoms with Crippen LogP contribution < -0.4 is 10.2 Å². The highest BCUT2D eigenvalue weighted by Crippen LogP contribution is 2.47. The van der Waals surface area contributed by atoms with E-state index < -0.39 is 10.8 Å². The van der Waals surface area contributed by atoms with Crippen LogP contribution in [0.4, 0.5) is 5.69 Å². The second kappa shape index (κ2) is 8.30. The number of halogens is 1. The van der Waals surface area contributed by atoms with E-state index in [-0.39, 0.29) is 29.9 Å². The highest BCUT2D eigenvalue weighted by Gasteiger charge is 2.49. The van der Waals surface area contributed by atoms with E-state index in [2.05, 4.69) is 24.1 Å². The molecule has 190 valence electrons. The molecule has 1 aliphatic carbocycles. The van der Waals surface area contributed by atoms with Crippen molar-refractivity contribution in [3.05, 3.63) is 41.3 Å². The second-order valence-electron chi connectivity index (χ2n) is 12.0. The number of hydrogen-bond acceptors (Lipinski definition) is 4. The molecule has 1 fully saturated rings. The lowest BCUT2D eigenvalue weighted by Crippen LogP contribution is -2.57. The van der Waals surface area contributed by atoms with Crippen LogP contribution in [0, 0.1) is 5.41 Å². The number of benzene rings is 1. The number of aromatic nitrogens is 3. The number of imidazole rings is 1. The van der Waals surface area contributed by atoms with Gasteiger partial charge in [-0.3, -0.25) is 9.59 Å². The Kier molecular flexibility index (Phi) is 5.71. The van der Waals surface area contributed by atoms with E-state index in [0.717, 1.165) is 46.4 Å². The fourth-order valence-electron chi connectivity index (χ4n) is 5.18. The van der Waals surface area contributed by atoms with Gasteiger partial charge in [0.25, 0.3) is 0 Å². The van der Waals surface area contributed by atoms with Gasteiger partial charge < -0.3 is 14.8 Å². The molecular formula is C28H34ClN5O2. The van der Waals surface area contributed by atoms with Crippen LogP contribution >= 0.6 is 11.6 Å². The third-order valence-corrected chi connectivity index (χ3v) is 7.80. The highest BCUT2D eigenvalue weighted by molar-refractivity contribution is 6.34. The maximum Gasteiger partial charge on any atom is 0.237 e. The molecule has 1 N–H and O–H groups in total. The van der Waals surface area contributed by atoms with Gasteiger partial charge in [0.15, 0.2) is 5.15 Å². The topological polar surface area (TPSA) is 80.1 Å².